The van der Waals surface area contributed by atoms with E-state index in [0.717, 1.165) is 30.3 Å². The Bertz CT molecular complexity index is 354. The molecule has 0 spiro atoms. The molecular weight excluding hydrogens is 184 g/mol. The first kappa shape index (κ1) is 10.2. The van der Waals surface area contributed by atoms with E-state index in [2.05, 4.69) is 0 Å². The van der Waals surface area contributed by atoms with Crippen LogP contribution in [0.4, 0.5) is 0 Å². The maximum Gasteiger partial charge on any atom is 0.150 e. The van der Waals surface area contributed by atoms with Crippen molar-refractivity contribution in [2.24, 2.45) is 0 Å². The monoisotopic (exact) mass is 200 g/mol. The molecule has 1 fully saturated rings. The van der Waals surface area contributed by atoms with Crippen LogP contribution in [0.3, 0.4) is 0 Å². The van der Waals surface area contributed by atoms with Gasteiger partial charge in [0.1, 0.15) is 0 Å². The molecule has 0 unspecified atom stereocenters. The summed E-state index contributed by atoms with van der Waals surface area (Å²) in [7, 11) is 0. The van der Waals surface area contributed by atoms with Crippen molar-refractivity contribution < 1.29 is 4.79 Å². The Labute approximate surface area is 90.8 Å². The third-order valence-corrected chi connectivity index (χ3v) is 3.04. The molecule has 1 aliphatic carbocycles. The number of carbonyl (C=O) groups is 1. The van der Waals surface area contributed by atoms with E-state index in [1.54, 1.807) is 0 Å². The number of carbonyl (C=O) groups excluding carboxylic acids is 1. The van der Waals surface area contributed by atoms with Crippen LogP contribution < -0.4 is 0 Å². The highest BCUT2D eigenvalue weighted by Crippen LogP contribution is 2.29. The van der Waals surface area contributed by atoms with Crippen LogP contribution in [-0.4, -0.2) is 6.29 Å². The van der Waals surface area contributed by atoms with Gasteiger partial charge in [-0.05, 0) is 31.2 Å². The maximum atomic E-state index is 11.1. The lowest BCUT2D eigenvalue weighted by Gasteiger charge is -2.16. The highest BCUT2D eigenvalue weighted by Gasteiger charge is 2.11. The topological polar surface area (TPSA) is 17.1 Å². The van der Waals surface area contributed by atoms with Crippen molar-refractivity contribution in [3.8, 4) is 0 Å². The summed E-state index contributed by atoms with van der Waals surface area (Å²) < 4.78 is 0. The summed E-state index contributed by atoms with van der Waals surface area (Å²) in [5, 5.41) is 0. The number of rotatable bonds is 2. The van der Waals surface area contributed by atoms with Gasteiger partial charge in [0, 0.05) is 5.57 Å². The SMILES string of the molecule is O=CC(=C1CCCCC1)c1ccccc1. The summed E-state index contributed by atoms with van der Waals surface area (Å²) in [5.74, 6) is 0. The molecule has 1 aromatic carbocycles. The number of hydrogen-bond acceptors (Lipinski definition) is 1. The van der Waals surface area contributed by atoms with Crippen LogP contribution in [0.5, 0.6) is 0 Å². The molecule has 0 N–H and O–H groups in total. The third kappa shape index (κ3) is 2.35. The average molecular weight is 200 g/mol. The van der Waals surface area contributed by atoms with Crippen LogP contribution in [0.15, 0.2) is 35.9 Å². The molecule has 1 heteroatoms. The van der Waals surface area contributed by atoms with Gasteiger partial charge < -0.3 is 0 Å². The van der Waals surface area contributed by atoms with Gasteiger partial charge in [0.15, 0.2) is 6.29 Å². The Morgan fingerprint density at radius 3 is 2.27 bits per heavy atom. The molecule has 1 aliphatic rings. The Balaban J connectivity index is 2.34. The highest BCUT2D eigenvalue weighted by molar-refractivity contribution is 6.08. The molecule has 78 valence electrons. The van der Waals surface area contributed by atoms with Gasteiger partial charge in [-0.1, -0.05) is 42.3 Å². The largest absolute Gasteiger partial charge is 0.298 e. The van der Waals surface area contributed by atoms with Crippen LogP contribution in [0.25, 0.3) is 5.57 Å². The molecule has 0 atom stereocenters. The van der Waals surface area contributed by atoms with Gasteiger partial charge in [0.25, 0.3) is 0 Å². The third-order valence-electron chi connectivity index (χ3n) is 3.04. The second kappa shape index (κ2) is 4.92. The van der Waals surface area contributed by atoms with Crippen molar-refractivity contribution in [2.75, 3.05) is 0 Å². The molecule has 2 rings (SSSR count). The molecule has 0 heterocycles. The minimum atomic E-state index is 0.926. The van der Waals surface area contributed by atoms with Gasteiger partial charge in [-0.3, -0.25) is 4.79 Å². The molecule has 0 radical (unpaired) electrons. The highest BCUT2D eigenvalue weighted by atomic mass is 16.1. The van der Waals surface area contributed by atoms with Gasteiger partial charge >= 0.3 is 0 Å². The molecule has 0 aromatic heterocycles. The summed E-state index contributed by atoms with van der Waals surface area (Å²) in [6.07, 6.45) is 7.01. The van der Waals surface area contributed by atoms with Gasteiger partial charge in [0.2, 0.25) is 0 Å². The molecule has 0 aliphatic heterocycles. The maximum absolute atomic E-state index is 11.1. The standard InChI is InChI=1S/C14H16O/c15-11-14(12-7-3-1-4-8-12)13-9-5-2-6-10-13/h1,3-4,7-8,11H,2,5-6,9-10H2. The zero-order valence-electron chi connectivity index (χ0n) is 8.91. The quantitative estimate of drug-likeness (QED) is 0.526. The van der Waals surface area contributed by atoms with Gasteiger partial charge in [-0.15, -0.1) is 0 Å². The second-order valence-electron chi connectivity index (χ2n) is 4.06. The minimum absolute atomic E-state index is 0.926. The average Bonchev–Trinajstić information content (AvgIpc) is 2.33. The van der Waals surface area contributed by atoms with Crippen molar-refractivity contribution in [1.82, 2.24) is 0 Å². The first-order chi connectivity index (χ1) is 7.42. The fraction of sp³-hybridized carbons (Fsp3) is 0.357. The lowest BCUT2D eigenvalue weighted by Crippen LogP contribution is -1.99. The first-order valence-corrected chi connectivity index (χ1v) is 5.64. The Morgan fingerprint density at radius 1 is 1.00 bits per heavy atom. The lowest BCUT2D eigenvalue weighted by molar-refractivity contribution is -0.103. The zero-order chi connectivity index (χ0) is 10.5. The second-order valence-corrected chi connectivity index (χ2v) is 4.06. The zero-order valence-corrected chi connectivity index (χ0v) is 8.91. The smallest absolute Gasteiger partial charge is 0.150 e. The Kier molecular flexibility index (Phi) is 3.33. The van der Waals surface area contributed by atoms with Crippen molar-refractivity contribution in [1.29, 1.82) is 0 Å². The van der Waals surface area contributed by atoms with Crippen LogP contribution >= 0.6 is 0 Å². The Morgan fingerprint density at radius 2 is 1.67 bits per heavy atom. The minimum Gasteiger partial charge on any atom is -0.298 e. The van der Waals surface area contributed by atoms with Crippen LogP contribution in [0.2, 0.25) is 0 Å². The van der Waals surface area contributed by atoms with E-state index >= 15 is 0 Å². The van der Waals surface area contributed by atoms with Crippen LogP contribution in [0, 0.1) is 0 Å². The van der Waals surface area contributed by atoms with Gasteiger partial charge in [-0.25, -0.2) is 0 Å². The van der Waals surface area contributed by atoms with Crippen LogP contribution in [0.1, 0.15) is 37.7 Å². The predicted molar refractivity (Wildman–Crippen MR) is 62.5 cm³/mol. The molecule has 15 heavy (non-hydrogen) atoms. The van der Waals surface area contributed by atoms with E-state index in [1.165, 1.54) is 24.8 Å². The van der Waals surface area contributed by atoms with E-state index in [0.29, 0.717) is 0 Å². The van der Waals surface area contributed by atoms with Crippen molar-refractivity contribution in [2.45, 2.75) is 32.1 Å². The summed E-state index contributed by atoms with van der Waals surface area (Å²) >= 11 is 0. The van der Waals surface area contributed by atoms with Crippen molar-refractivity contribution in [3.63, 3.8) is 0 Å². The van der Waals surface area contributed by atoms with Crippen molar-refractivity contribution >= 4 is 11.9 Å². The summed E-state index contributed by atoms with van der Waals surface area (Å²) in [6.45, 7) is 0. The van der Waals surface area contributed by atoms with E-state index in [-0.39, 0.29) is 0 Å². The molecule has 0 saturated heterocycles. The fourth-order valence-corrected chi connectivity index (χ4v) is 2.22. The molecule has 1 aromatic rings. The summed E-state index contributed by atoms with van der Waals surface area (Å²) in [4.78, 5) is 11.1. The number of benzene rings is 1. The van der Waals surface area contributed by atoms with Gasteiger partial charge in [0.05, 0.1) is 0 Å². The van der Waals surface area contributed by atoms with E-state index in [4.69, 9.17) is 0 Å². The fourth-order valence-electron chi connectivity index (χ4n) is 2.22. The first-order valence-electron chi connectivity index (χ1n) is 5.64. The molecule has 0 amide bonds. The van der Waals surface area contributed by atoms with Crippen molar-refractivity contribution in [3.05, 3.63) is 41.5 Å². The molecule has 1 nitrogen and oxygen atoms in total. The number of hydrogen-bond donors (Lipinski definition) is 0. The van der Waals surface area contributed by atoms with E-state index in [9.17, 15) is 4.79 Å². The van der Waals surface area contributed by atoms with Crippen LogP contribution in [-0.2, 0) is 4.79 Å². The normalized spacial score (nSPS) is 16.1. The van der Waals surface area contributed by atoms with E-state index < -0.39 is 0 Å². The lowest BCUT2D eigenvalue weighted by atomic mass is 9.89. The summed E-state index contributed by atoms with van der Waals surface area (Å²) in [6, 6.07) is 10.00. The molecule has 0 bridgehead atoms. The molecular formula is C14H16O. The predicted octanol–water partition coefficient (Wildman–Crippen LogP) is 3.60. The number of allylic oxidation sites excluding steroid dienone is 2. The molecule has 1 saturated carbocycles. The Hall–Kier alpha value is -1.37. The summed E-state index contributed by atoms with van der Waals surface area (Å²) in [5.41, 5.74) is 3.35. The van der Waals surface area contributed by atoms with E-state index in [1.807, 2.05) is 30.3 Å². The number of aldehydes is 1. The van der Waals surface area contributed by atoms with Gasteiger partial charge in [-0.2, -0.15) is 0 Å².